The minimum atomic E-state index is -0.0527. The van der Waals surface area contributed by atoms with Crippen LogP contribution < -0.4 is 10.2 Å². The lowest BCUT2D eigenvalue weighted by Crippen LogP contribution is -2.52. The first-order valence-corrected chi connectivity index (χ1v) is 7.88. The molecule has 1 aliphatic rings. The third-order valence-electron chi connectivity index (χ3n) is 3.42. The summed E-state index contributed by atoms with van der Waals surface area (Å²) < 4.78 is 0. The lowest BCUT2D eigenvalue weighted by atomic mass is 10.0. The number of amides is 1. The van der Waals surface area contributed by atoms with Crippen LogP contribution in [0.4, 0.5) is 5.13 Å². The Balaban J connectivity index is 2.16. The summed E-state index contributed by atoms with van der Waals surface area (Å²) in [5, 5.41) is 4.22. The highest BCUT2D eigenvalue weighted by Crippen LogP contribution is 2.28. The summed E-state index contributed by atoms with van der Waals surface area (Å²) in [6, 6.07) is 0.279. The topological polar surface area (TPSA) is 45.2 Å². The van der Waals surface area contributed by atoms with Crippen molar-refractivity contribution in [3.8, 4) is 0 Å². The molecule has 0 spiro atoms. The summed E-state index contributed by atoms with van der Waals surface area (Å²) in [5.41, 5.74) is 1.12. The first kappa shape index (κ1) is 14.5. The molecule has 5 heteroatoms. The van der Waals surface area contributed by atoms with E-state index in [1.807, 2.05) is 4.90 Å². The maximum absolute atomic E-state index is 12.5. The molecule has 2 heterocycles. The average molecular weight is 281 g/mol. The van der Waals surface area contributed by atoms with Crippen LogP contribution in [0.5, 0.6) is 0 Å². The number of thiazole rings is 1. The number of piperidine rings is 1. The van der Waals surface area contributed by atoms with E-state index in [4.69, 9.17) is 0 Å². The van der Waals surface area contributed by atoms with Gasteiger partial charge < -0.3 is 5.32 Å². The number of aryl methyl sites for hydroxylation is 2. The normalized spacial score (nSPS) is 20.4. The third kappa shape index (κ3) is 3.15. The van der Waals surface area contributed by atoms with Gasteiger partial charge in [-0.05, 0) is 26.2 Å². The van der Waals surface area contributed by atoms with Crippen LogP contribution in [-0.4, -0.2) is 29.5 Å². The Morgan fingerprint density at radius 3 is 2.84 bits per heavy atom. The van der Waals surface area contributed by atoms with Crippen molar-refractivity contribution in [1.29, 1.82) is 0 Å². The highest BCUT2D eigenvalue weighted by Gasteiger charge is 2.31. The molecule has 4 nitrogen and oxygen atoms in total. The molecule has 1 aromatic rings. The summed E-state index contributed by atoms with van der Waals surface area (Å²) in [4.78, 5) is 20.2. The van der Waals surface area contributed by atoms with E-state index >= 15 is 0 Å². The highest BCUT2D eigenvalue weighted by molar-refractivity contribution is 7.15. The SMILES string of the molecule is CCc1nc(N2CCCC(NC(C)C)C2=O)sc1C. The molecule has 0 aromatic carbocycles. The predicted octanol–water partition coefficient (Wildman–Crippen LogP) is 2.51. The van der Waals surface area contributed by atoms with E-state index in [1.165, 1.54) is 4.88 Å². The molecule has 1 atom stereocenters. The van der Waals surface area contributed by atoms with E-state index in [-0.39, 0.29) is 11.9 Å². The van der Waals surface area contributed by atoms with Gasteiger partial charge in [0.05, 0.1) is 11.7 Å². The smallest absolute Gasteiger partial charge is 0.245 e. The number of aromatic nitrogens is 1. The number of hydrogen-bond donors (Lipinski definition) is 1. The molecule has 19 heavy (non-hydrogen) atoms. The van der Waals surface area contributed by atoms with E-state index < -0.39 is 0 Å². The minimum Gasteiger partial charge on any atom is -0.304 e. The van der Waals surface area contributed by atoms with Gasteiger partial charge in [0.2, 0.25) is 5.91 Å². The molecular weight excluding hydrogens is 258 g/mol. The fourth-order valence-electron chi connectivity index (χ4n) is 2.48. The van der Waals surface area contributed by atoms with Crippen molar-refractivity contribution < 1.29 is 4.79 Å². The maximum Gasteiger partial charge on any atom is 0.245 e. The van der Waals surface area contributed by atoms with Gasteiger partial charge in [-0.2, -0.15) is 0 Å². The summed E-state index contributed by atoms with van der Waals surface area (Å²) >= 11 is 1.64. The quantitative estimate of drug-likeness (QED) is 0.922. The van der Waals surface area contributed by atoms with Gasteiger partial charge in [0.1, 0.15) is 0 Å². The molecule has 1 fully saturated rings. The number of rotatable bonds is 4. The second-order valence-electron chi connectivity index (χ2n) is 5.36. The molecular formula is C14H23N3OS. The molecule has 2 rings (SSSR count). The van der Waals surface area contributed by atoms with Gasteiger partial charge in [0, 0.05) is 17.5 Å². The van der Waals surface area contributed by atoms with Crippen molar-refractivity contribution in [2.75, 3.05) is 11.4 Å². The number of anilines is 1. The monoisotopic (exact) mass is 281 g/mol. The molecule has 1 saturated heterocycles. The Hall–Kier alpha value is -0.940. The second kappa shape index (κ2) is 6.01. The Morgan fingerprint density at radius 1 is 1.53 bits per heavy atom. The summed E-state index contributed by atoms with van der Waals surface area (Å²) in [6.07, 6.45) is 2.90. The van der Waals surface area contributed by atoms with Gasteiger partial charge in [-0.25, -0.2) is 4.98 Å². The fourth-order valence-corrected chi connectivity index (χ4v) is 3.51. The van der Waals surface area contributed by atoms with Crippen LogP contribution in [0.2, 0.25) is 0 Å². The van der Waals surface area contributed by atoms with E-state index in [0.29, 0.717) is 6.04 Å². The van der Waals surface area contributed by atoms with Crippen LogP contribution in [0.1, 0.15) is 44.2 Å². The Morgan fingerprint density at radius 2 is 2.26 bits per heavy atom. The highest BCUT2D eigenvalue weighted by atomic mass is 32.1. The molecule has 1 aromatic heterocycles. The molecule has 1 unspecified atom stereocenters. The van der Waals surface area contributed by atoms with Crippen LogP contribution in [0.25, 0.3) is 0 Å². The molecule has 106 valence electrons. The van der Waals surface area contributed by atoms with Gasteiger partial charge in [0.25, 0.3) is 0 Å². The number of hydrogen-bond acceptors (Lipinski definition) is 4. The zero-order valence-corrected chi connectivity index (χ0v) is 13.0. The van der Waals surface area contributed by atoms with E-state index in [1.54, 1.807) is 11.3 Å². The molecule has 0 aliphatic carbocycles. The zero-order valence-electron chi connectivity index (χ0n) is 12.2. The third-order valence-corrected chi connectivity index (χ3v) is 4.46. The van der Waals surface area contributed by atoms with Crippen molar-refractivity contribution >= 4 is 22.4 Å². The maximum atomic E-state index is 12.5. The summed E-state index contributed by atoms with van der Waals surface area (Å²) in [7, 11) is 0. The van der Waals surface area contributed by atoms with Crippen molar-refractivity contribution in [2.45, 2.75) is 59.0 Å². The van der Waals surface area contributed by atoms with E-state index in [2.05, 4.69) is 38.0 Å². The minimum absolute atomic E-state index is 0.0527. The van der Waals surface area contributed by atoms with Crippen LogP contribution in [0, 0.1) is 6.92 Å². The molecule has 0 bridgehead atoms. The van der Waals surface area contributed by atoms with Gasteiger partial charge in [-0.1, -0.05) is 20.8 Å². The van der Waals surface area contributed by atoms with Crippen LogP contribution in [0.15, 0.2) is 0 Å². The number of carbonyl (C=O) groups excluding carboxylic acids is 1. The second-order valence-corrected chi connectivity index (χ2v) is 6.54. The van der Waals surface area contributed by atoms with E-state index in [9.17, 15) is 4.79 Å². The fraction of sp³-hybridized carbons (Fsp3) is 0.714. The van der Waals surface area contributed by atoms with Crippen LogP contribution in [0.3, 0.4) is 0 Å². The van der Waals surface area contributed by atoms with Crippen molar-refractivity contribution in [2.24, 2.45) is 0 Å². The molecule has 1 amide bonds. The van der Waals surface area contributed by atoms with E-state index in [0.717, 1.165) is 36.6 Å². The van der Waals surface area contributed by atoms with Gasteiger partial charge in [0.15, 0.2) is 5.13 Å². The van der Waals surface area contributed by atoms with Crippen LogP contribution in [-0.2, 0) is 11.2 Å². The zero-order chi connectivity index (χ0) is 14.0. The molecule has 1 aliphatic heterocycles. The van der Waals surface area contributed by atoms with Gasteiger partial charge >= 0.3 is 0 Å². The van der Waals surface area contributed by atoms with Crippen molar-refractivity contribution in [1.82, 2.24) is 10.3 Å². The molecule has 1 N–H and O–H groups in total. The molecule has 0 saturated carbocycles. The Kier molecular flexibility index (Phi) is 4.58. The lowest BCUT2D eigenvalue weighted by Gasteiger charge is -2.32. The van der Waals surface area contributed by atoms with Crippen molar-refractivity contribution in [3.05, 3.63) is 10.6 Å². The Bertz CT molecular complexity index is 456. The Labute approximate surface area is 119 Å². The summed E-state index contributed by atoms with van der Waals surface area (Å²) in [5.74, 6) is 0.177. The number of nitrogens with zero attached hydrogens (tertiary/aromatic N) is 2. The number of nitrogens with one attached hydrogen (secondary N) is 1. The first-order valence-electron chi connectivity index (χ1n) is 7.06. The van der Waals surface area contributed by atoms with Gasteiger partial charge in [-0.15, -0.1) is 11.3 Å². The lowest BCUT2D eigenvalue weighted by molar-refractivity contribution is -0.121. The van der Waals surface area contributed by atoms with Gasteiger partial charge in [-0.3, -0.25) is 9.69 Å². The summed E-state index contributed by atoms with van der Waals surface area (Å²) in [6.45, 7) is 9.14. The predicted molar refractivity (Wildman–Crippen MR) is 79.9 cm³/mol. The van der Waals surface area contributed by atoms with Crippen molar-refractivity contribution in [3.63, 3.8) is 0 Å². The first-order chi connectivity index (χ1) is 9.02. The number of carbonyl (C=O) groups is 1. The average Bonchev–Trinajstić information content (AvgIpc) is 2.72. The largest absolute Gasteiger partial charge is 0.304 e. The standard InChI is InChI=1S/C14H23N3OS/c1-5-11-10(4)19-14(16-11)17-8-6-7-12(13(17)18)15-9(2)3/h9,12,15H,5-8H2,1-4H3. The van der Waals surface area contributed by atoms with Crippen LogP contribution >= 0.6 is 11.3 Å². The molecule has 0 radical (unpaired) electrons.